The lowest BCUT2D eigenvalue weighted by molar-refractivity contribution is 0.665. The van der Waals surface area contributed by atoms with Crippen molar-refractivity contribution in [2.45, 2.75) is 19.9 Å². The van der Waals surface area contributed by atoms with Crippen LogP contribution >= 0.6 is 11.8 Å². The van der Waals surface area contributed by atoms with Crippen LogP contribution in [0.2, 0.25) is 0 Å². The van der Waals surface area contributed by atoms with Gasteiger partial charge in [0, 0.05) is 18.4 Å². The lowest BCUT2D eigenvalue weighted by Crippen LogP contribution is -2.15. The van der Waals surface area contributed by atoms with Crippen molar-refractivity contribution < 1.29 is 0 Å². The van der Waals surface area contributed by atoms with Gasteiger partial charge in [0.25, 0.3) is 0 Å². The van der Waals surface area contributed by atoms with E-state index in [0.717, 1.165) is 18.8 Å². The van der Waals surface area contributed by atoms with E-state index in [2.05, 4.69) is 22.4 Å². The molecule has 0 fully saturated rings. The molecule has 0 aromatic carbocycles. The summed E-state index contributed by atoms with van der Waals surface area (Å²) in [5, 5.41) is 10.2. The van der Waals surface area contributed by atoms with Crippen LogP contribution in [0, 0.1) is 0 Å². The molecule has 0 saturated carbocycles. The summed E-state index contributed by atoms with van der Waals surface area (Å²) in [6.45, 7) is 4.19. The van der Waals surface area contributed by atoms with Crippen molar-refractivity contribution in [3.8, 4) is 0 Å². The van der Waals surface area contributed by atoms with Gasteiger partial charge in [-0.3, -0.25) is 5.10 Å². The molecule has 3 nitrogen and oxygen atoms in total. The Morgan fingerprint density at radius 2 is 2.54 bits per heavy atom. The molecule has 0 radical (unpaired) electrons. The van der Waals surface area contributed by atoms with Crippen molar-refractivity contribution in [3.63, 3.8) is 0 Å². The third-order valence-corrected chi connectivity index (χ3v) is 2.71. The van der Waals surface area contributed by atoms with E-state index >= 15 is 0 Å². The minimum Gasteiger partial charge on any atom is -0.311 e. The number of rotatable bonds is 7. The molecule has 2 N–H and O–H groups in total. The molecule has 1 heterocycles. The molecule has 0 bridgehead atoms. The molecule has 1 aromatic heterocycles. The first-order valence-corrected chi connectivity index (χ1v) is 5.85. The fraction of sp³-hybridized carbons (Fsp3) is 0.667. The van der Waals surface area contributed by atoms with Gasteiger partial charge in [-0.15, -0.1) is 0 Å². The zero-order chi connectivity index (χ0) is 9.36. The van der Waals surface area contributed by atoms with Crippen molar-refractivity contribution in [1.29, 1.82) is 0 Å². The zero-order valence-electron chi connectivity index (χ0n) is 8.05. The van der Waals surface area contributed by atoms with Gasteiger partial charge in [0.15, 0.2) is 0 Å². The number of thioether (sulfide) groups is 1. The second-order valence-electron chi connectivity index (χ2n) is 2.81. The average Bonchev–Trinajstić information content (AvgIpc) is 2.63. The lowest BCUT2D eigenvalue weighted by atomic mass is 10.4. The second-order valence-corrected chi connectivity index (χ2v) is 4.20. The van der Waals surface area contributed by atoms with Crippen molar-refractivity contribution in [2.24, 2.45) is 0 Å². The van der Waals surface area contributed by atoms with E-state index in [1.165, 1.54) is 17.9 Å². The van der Waals surface area contributed by atoms with Crippen LogP contribution in [0.4, 0.5) is 0 Å². The van der Waals surface area contributed by atoms with Gasteiger partial charge in [-0.05, 0) is 30.5 Å². The molecule has 0 saturated heterocycles. The van der Waals surface area contributed by atoms with Crippen LogP contribution in [-0.2, 0) is 6.54 Å². The van der Waals surface area contributed by atoms with Crippen LogP contribution in [0.25, 0.3) is 0 Å². The normalized spacial score (nSPS) is 10.5. The van der Waals surface area contributed by atoms with Crippen LogP contribution in [0.1, 0.15) is 19.0 Å². The quantitative estimate of drug-likeness (QED) is 0.656. The van der Waals surface area contributed by atoms with E-state index in [4.69, 9.17) is 0 Å². The average molecular weight is 199 g/mol. The molecule has 0 atom stereocenters. The number of H-pyrrole nitrogens is 1. The van der Waals surface area contributed by atoms with E-state index in [1.54, 1.807) is 6.20 Å². The van der Waals surface area contributed by atoms with Crippen LogP contribution in [-0.4, -0.2) is 28.2 Å². The number of nitrogens with zero attached hydrogens (tertiary/aromatic N) is 1. The molecule has 4 heteroatoms. The highest BCUT2D eigenvalue weighted by molar-refractivity contribution is 7.99. The highest BCUT2D eigenvalue weighted by atomic mass is 32.2. The van der Waals surface area contributed by atoms with Crippen molar-refractivity contribution in [1.82, 2.24) is 15.5 Å². The number of nitrogens with one attached hydrogen (secondary N) is 2. The summed E-state index contributed by atoms with van der Waals surface area (Å²) < 4.78 is 0. The minimum atomic E-state index is 0.900. The van der Waals surface area contributed by atoms with Gasteiger partial charge in [0.1, 0.15) is 0 Å². The molecule has 0 aliphatic carbocycles. The Kier molecular flexibility index (Phi) is 5.69. The molecule has 0 aliphatic heterocycles. The molecule has 0 amide bonds. The Balaban J connectivity index is 1.90. The second kappa shape index (κ2) is 6.97. The van der Waals surface area contributed by atoms with E-state index in [9.17, 15) is 0 Å². The smallest absolute Gasteiger partial charge is 0.0490 e. The van der Waals surface area contributed by atoms with Crippen molar-refractivity contribution >= 4 is 11.8 Å². The Morgan fingerprint density at radius 1 is 1.62 bits per heavy atom. The van der Waals surface area contributed by atoms with E-state index in [1.807, 2.05) is 17.8 Å². The lowest BCUT2D eigenvalue weighted by Gasteiger charge is -2.01. The largest absolute Gasteiger partial charge is 0.311 e. The van der Waals surface area contributed by atoms with Crippen LogP contribution < -0.4 is 5.32 Å². The van der Waals surface area contributed by atoms with Crippen LogP contribution in [0.15, 0.2) is 12.3 Å². The highest BCUT2D eigenvalue weighted by Crippen LogP contribution is 1.99. The molecular weight excluding hydrogens is 182 g/mol. The van der Waals surface area contributed by atoms with Gasteiger partial charge in [-0.25, -0.2) is 0 Å². The summed E-state index contributed by atoms with van der Waals surface area (Å²) in [4.78, 5) is 0. The van der Waals surface area contributed by atoms with E-state index < -0.39 is 0 Å². The molecule has 74 valence electrons. The number of hydrogen-bond donors (Lipinski definition) is 2. The van der Waals surface area contributed by atoms with Gasteiger partial charge in [0.05, 0.1) is 0 Å². The van der Waals surface area contributed by atoms with Crippen molar-refractivity contribution in [3.05, 3.63) is 18.0 Å². The van der Waals surface area contributed by atoms with E-state index in [-0.39, 0.29) is 0 Å². The Hall–Kier alpha value is -0.480. The molecule has 0 unspecified atom stereocenters. The van der Waals surface area contributed by atoms with Gasteiger partial charge >= 0.3 is 0 Å². The summed E-state index contributed by atoms with van der Waals surface area (Å²) in [6.07, 6.45) is 3.02. The number of aromatic nitrogens is 2. The molecule has 0 spiro atoms. The molecule has 1 aromatic rings. The summed E-state index contributed by atoms with van der Waals surface area (Å²) in [5.41, 5.74) is 1.16. The number of aromatic amines is 1. The molecule has 1 rings (SSSR count). The van der Waals surface area contributed by atoms with Crippen LogP contribution in [0.3, 0.4) is 0 Å². The van der Waals surface area contributed by atoms with Gasteiger partial charge in [-0.2, -0.15) is 16.9 Å². The van der Waals surface area contributed by atoms with E-state index in [0.29, 0.717) is 0 Å². The topological polar surface area (TPSA) is 40.7 Å². The molecule has 13 heavy (non-hydrogen) atoms. The predicted molar refractivity (Wildman–Crippen MR) is 57.9 cm³/mol. The maximum absolute atomic E-state index is 3.88. The third kappa shape index (κ3) is 4.95. The fourth-order valence-corrected chi connectivity index (χ4v) is 1.69. The first-order valence-electron chi connectivity index (χ1n) is 4.70. The first-order chi connectivity index (χ1) is 6.43. The Bertz CT molecular complexity index is 199. The summed E-state index contributed by atoms with van der Waals surface area (Å²) in [5.74, 6) is 2.48. The first kappa shape index (κ1) is 10.6. The molecular formula is C9H17N3S. The van der Waals surface area contributed by atoms with Gasteiger partial charge in [0.2, 0.25) is 0 Å². The minimum absolute atomic E-state index is 0.900. The van der Waals surface area contributed by atoms with Gasteiger partial charge in [-0.1, -0.05) is 6.92 Å². The highest BCUT2D eigenvalue weighted by Gasteiger charge is 1.92. The zero-order valence-corrected chi connectivity index (χ0v) is 8.86. The monoisotopic (exact) mass is 199 g/mol. The fourth-order valence-electron chi connectivity index (χ4n) is 1.05. The van der Waals surface area contributed by atoms with Gasteiger partial charge < -0.3 is 5.32 Å². The maximum Gasteiger partial charge on any atom is 0.0490 e. The molecule has 0 aliphatic rings. The summed E-state index contributed by atoms with van der Waals surface area (Å²) in [6, 6.07) is 1.99. The predicted octanol–water partition coefficient (Wildman–Crippen LogP) is 1.64. The number of hydrogen-bond acceptors (Lipinski definition) is 3. The maximum atomic E-state index is 3.88. The SMILES string of the molecule is CCSCCCNCc1ccn[nH]1. The van der Waals surface area contributed by atoms with Crippen LogP contribution in [0.5, 0.6) is 0 Å². The Labute approximate surface area is 83.7 Å². The standard InChI is InChI=1S/C9H17N3S/c1-2-13-7-3-5-10-8-9-4-6-11-12-9/h4,6,10H,2-3,5,7-8H2,1H3,(H,11,12). The summed E-state index contributed by atoms with van der Waals surface area (Å²) >= 11 is 2.00. The summed E-state index contributed by atoms with van der Waals surface area (Å²) in [7, 11) is 0. The third-order valence-electron chi connectivity index (χ3n) is 1.72. The Morgan fingerprint density at radius 3 is 3.23 bits per heavy atom. The van der Waals surface area contributed by atoms with Crippen molar-refractivity contribution in [2.75, 3.05) is 18.1 Å².